The molecule has 0 spiro atoms. The number of rotatable bonds is 4. The van der Waals surface area contributed by atoms with E-state index in [1.165, 1.54) is 22.8 Å². The van der Waals surface area contributed by atoms with Crippen molar-refractivity contribution in [3.05, 3.63) is 82.0 Å². The molecule has 0 saturated heterocycles. The van der Waals surface area contributed by atoms with E-state index in [0.717, 1.165) is 24.1 Å². The topological polar surface area (TPSA) is 55.2 Å². The lowest BCUT2D eigenvalue weighted by Crippen LogP contribution is -2.40. The van der Waals surface area contributed by atoms with Gasteiger partial charge in [-0.15, -0.1) is 0 Å². The molecule has 0 bridgehead atoms. The Bertz CT molecular complexity index is 1110. The Morgan fingerprint density at radius 2 is 1.90 bits per heavy atom. The van der Waals surface area contributed by atoms with Crippen LogP contribution in [0.5, 0.6) is 0 Å². The lowest BCUT2D eigenvalue weighted by Gasteiger charge is -2.30. The maximum atomic E-state index is 13.4. The Morgan fingerprint density at radius 3 is 2.66 bits per heavy atom. The number of hydrogen-bond donors (Lipinski definition) is 0. The first-order valence-electron chi connectivity index (χ1n) is 9.82. The zero-order valence-corrected chi connectivity index (χ0v) is 16.3. The van der Waals surface area contributed by atoms with Crippen LogP contribution in [0.4, 0.5) is 10.1 Å². The van der Waals surface area contributed by atoms with Crippen molar-refractivity contribution in [2.75, 3.05) is 11.4 Å². The highest BCUT2D eigenvalue weighted by Crippen LogP contribution is 2.27. The largest absolute Gasteiger partial charge is 0.311 e. The summed E-state index contributed by atoms with van der Waals surface area (Å²) in [5.74, 6) is -0.142. The molecule has 1 amide bonds. The Hall–Kier alpha value is -3.28. The summed E-state index contributed by atoms with van der Waals surface area (Å²) in [6, 6.07) is 15.1. The molecule has 148 valence electrons. The molecule has 29 heavy (non-hydrogen) atoms. The first kappa shape index (κ1) is 19.1. The Labute approximate surface area is 168 Å². The molecule has 0 atom stereocenters. The van der Waals surface area contributed by atoms with Crippen LogP contribution < -0.4 is 10.5 Å². The van der Waals surface area contributed by atoms with Crippen molar-refractivity contribution in [1.29, 1.82) is 0 Å². The summed E-state index contributed by atoms with van der Waals surface area (Å²) >= 11 is 0. The predicted molar refractivity (Wildman–Crippen MR) is 110 cm³/mol. The van der Waals surface area contributed by atoms with Gasteiger partial charge in [-0.3, -0.25) is 14.2 Å². The van der Waals surface area contributed by atoms with Crippen LogP contribution in [0.15, 0.2) is 59.4 Å². The lowest BCUT2D eigenvalue weighted by molar-refractivity contribution is -0.119. The zero-order chi connectivity index (χ0) is 20.4. The van der Waals surface area contributed by atoms with E-state index < -0.39 is 0 Å². The maximum absolute atomic E-state index is 13.4. The molecule has 6 heteroatoms. The molecule has 4 rings (SSSR count). The van der Waals surface area contributed by atoms with Crippen molar-refractivity contribution in [2.45, 2.75) is 32.7 Å². The summed E-state index contributed by atoms with van der Waals surface area (Å²) in [6.07, 6.45) is 2.42. The number of fused-ring (bicyclic) bond motifs is 1. The number of benzene rings is 2. The minimum Gasteiger partial charge on any atom is -0.311 e. The number of anilines is 1. The fourth-order valence-corrected chi connectivity index (χ4v) is 3.72. The third-order valence-electron chi connectivity index (χ3n) is 5.23. The molecule has 0 radical (unpaired) electrons. The smallest absolute Gasteiger partial charge is 0.254 e. The van der Waals surface area contributed by atoms with Gasteiger partial charge in [-0.1, -0.05) is 25.1 Å². The summed E-state index contributed by atoms with van der Waals surface area (Å²) < 4.78 is 14.8. The molecule has 0 fully saturated rings. The van der Waals surface area contributed by atoms with Crippen molar-refractivity contribution in [3.8, 4) is 11.4 Å². The van der Waals surface area contributed by atoms with Crippen molar-refractivity contribution in [3.63, 3.8) is 0 Å². The average Bonchev–Trinajstić information content (AvgIpc) is 2.75. The van der Waals surface area contributed by atoms with E-state index in [0.29, 0.717) is 30.0 Å². The minimum absolute atomic E-state index is 0.114. The summed E-state index contributed by atoms with van der Waals surface area (Å²) in [6.45, 7) is 2.42. The van der Waals surface area contributed by atoms with E-state index in [4.69, 9.17) is 0 Å². The second-order valence-corrected chi connectivity index (χ2v) is 7.13. The summed E-state index contributed by atoms with van der Waals surface area (Å²) in [4.78, 5) is 32.3. The molecule has 1 aliphatic rings. The van der Waals surface area contributed by atoms with E-state index in [1.807, 2.05) is 31.2 Å². The monoisotopic (exact) mass is 391 g/mol. The summed E-state index contributed by atoms with van der Waals surface area (Å²) in [5.41, 5.74) is 3.00. The minimum atomic E-state index is -0.365. The molecule has 0 unspecified atom stereocenters. The third-order valence-corrected chi connectivity index (χ3v) is 5.23. The molecule has 2 aromatic carbocycles. The second-order valence-electron chi connectivity index (χ2n) is 7.13. The Morgan fingerprint density at radius 1 is 1.14 bits per heavy atom. The Kier molecular flexibility index (Phi) is 5.25. The van der Waals surface area contributed by atoms with Crippen LogP contribution >= 0.6 is 0 Å². The number of halogens is 1. The van der Waals surface area contributed by atoms with E-state index in [2.05, 4.69) is 4.98 Å². The number of aromatic nitrogens is 2. The summed E-state index contributed by atoms with van der Waals surface area (Å²) in [5, 5.41) is 0. The van der Waals surface area contributed by atoms with Crippen LogP contribution in [0.3, 0.4) is 0 Å². The van der Waals surface area contributed by atoms with Gasteiger partial charge in [-0.2, -0.15) is 0 Å². The molecule has 0 N–H and O–H groups in total. The van der Waals surface area contributed by atoms with Gasteiger partial charge in [0.05, 0.1) is 0 Å². The van der Waals surface area contributed by atoms with Crippen LogP contribution in [0.25, 0.3) is 11.4 Å². The van der Waals surface area contributed by atoms with Crippen LogP contribution in [-0.2, 0) is 24.2 Å². The van der Waals surface area contributed by atoms with Crippen LogP contribution in [0.2, 0.25) is 0 Å². The highest BCUT2D eigenvalue weighted by atomic mass is 19.1. The first-order valence-corrected chi connectivity index (χ1v) is 9.82. The number of nitrogens with zero attached hydrogens (tertiary/aromatic N) is 3. The number of aryl methyl sites for hydroxylation is 2. The fourth-order valence-electron chi connectivity index (χ4n) is 3.72. The number of hydrogen-bond acceptors (Lipinski definition) is 3. The fraction of sp³-hybridized carbons (Fsp3) is 0.261. The van der Waals surface area contributed by atoms with Gasteiger partial charge in [0.25, 0.3) is 5.56 Å². The van der Waals surface area contributed by atoms with Crippen LogP contribution in [0, 0.1) is 5.82 Å². The maximum Gasteiger partial charge on any atom is 0.254 e. The van der Waals surface area contributed by atoms with Gasteiger partial charge >= 0.3 is 0 Å². The van der Waals surface area contributed by atoms with E-state index in [9.17, 15) is 14.0 Å². The average molecular weight is 391 g/mol. The predicted octanol–water partition coefficient (Wildman–Crippen LogP) is 3.59. The summed E-state index contributed by atoms with van der Waals surface area (Å²) in [7, 11) is 0. The second kappa shape index (κ2) is 7.99. The molecule has 0 aliphatic carbocycles. The van der Waals surface area contributed by atoms with Gasteiger partial charge in [0.2, 0.25) is 5.91 Å². The molecular formula is C23H22FN3O2. The zero-order valence-electron chi connectivity index (χ0n) is 16.3. The highest BCUT2D eigenvalue weighted by Gasteiger charge is 2.24. The van der Waals surface area contributed by atoms with Crippen molar-refractivity contribution in [1.82, 2.24) is 9.55 Å². The Balaban J connectivity index is 1.73. The van der Waals surface area contributed by atoms with Gasteiger partial charge in [0.1, 0.15) is 18.2 Å². The molecule has 1 aromatic heterocycles. The van der Waals surface area contributed by atoms with Gasteiger partial charge in [-0.25, -0.2) is 9.37 Å². The van der Waals surface area contributed by atoms with E-state index in [-0.39, 0.29) is 23.8 Å². The number of amides is 1. The van der Waals surface area contributed by atoms with Gasteiger partial charge in [0, 0.05) is 29.6 Å². The molecular weight excluding hydrogens is 369 g/mol. The van der Waals surface area contributed by atoms with Gasteiger partial charge in [0.15, 0.2) is 0 Å². The van der Waals surface area contributed by atoms with E-state index in [1.54, 1.807) is 17.0 Å². The van der Waals surface area contributed by atoms with Crippen molar-refractivity contribution >= 4 is 11.6 Å². The number of carbonyl (C=O) groups excluding carboxylic acids is 1. The molecule has 1 aliphatic heterocycles. The third kappa shape index (κ3) is 3.83. The SMILES string of the molecule is CCc1cc(=O)n(CC(=O)N2CCCc3ccccc32)c(-c2ccc(F)cc2)n1. The quantitative estimate of drug-likeness (QED) is 0.683. The molecule has 0 saturated carbocycles. The molecule has 5 nitrogen and oxygen atoms in total. The van der Waals surface area contributed by atoms with Crippen LogP contribution in [0.1, 0.15) is 24.6 Å². The lowest BCUT2D eigenvalue weighted by atomic mass is 10.0. The number of para-hydroxylation sites is 1. The van der Waals surface area contributed by atoms with Crippen molar-refractivity contribution < 1.29 is 9.18 Å². The van der Waals surface area contributed by atoms with Gasteiger partial charge < -0.3 is 4.90 Å². The first-order chi connectivity index (χ1) is 14.1. The van der Waals surface area contributed by atoms with Gasteiger partial charge in [-0.05, 0) is 55.2 Å². The normalized spacial score (nSPS) is 13.2. The van der Waals surface area contributed by atoms with E-state index >= 15 is 0 Å². The van der Waals surface area contributed by atoms with Crippen molar-refractivity contribution in [2.24, 2.45) is 0 Å². The highest BCUT2D eigenvalue weighted by molar-refractivity contribution is 5.94. The molecule has 3 aromatic rings. The molecule has 2 heterocycles. The number of carbonyl (C=O) groups is 1. The van der Waals surface area contributed by atoms with Crippen LogP contribution in [-0.4, -0.2) is 22.0 Å². The standard InChI is InChI=1S/C23H22FN3O2/c1-2-19-14-21(28)27(23(25-19)17-9-11-18(24)12-10-17)15-22(29)26-13-5-7-16-6-3-4-8-20(16)26/h3-4,6,8-12,14H,2,5,7,13,15H2,1H3.